The van der Waals surface area contributed by atoms with E-state index in [1.807, 2.05) is 49.4 Å². The average Bonchev–Trinajstić information content (AvgIpc) is 2.81. The van der Waals surface area contributed by atoms with Gasteiger partial charge in [-0.2, -0.15) is 5.10 Å². The third kappa shape index (κ3) is 4.94. The SMILES string of the molecule is CCc1ccccc1NC(=O)Cn1nc(N2CCN(c3ccccc3)CC2)ccc1=O. The molecule has 1 aliphatic heterocycles. The van der Waals surface area contributed by atoms with Gasteiger partial charge in [0.05, 0.1) is 0 Å². The number of nitrogens with one attached hydrogen (secondary N) is 1. The molecule has 0 radical (unpaired) electrons. The third-order valence-corrected chi connectivity index (χ3v) is 5.54. The van der Waals surface area contributed by atoms with Gasteiger partial charge in [0.2, 0.25) is 5.91 Å². The number of amides is 1. The van der Waals surface area contributed by atoms with Crippen molar-refractivity contribution in [3.8, 4) is 0 Å². The highest BCUT2D eigenvalue weighted by atomic mass is 16.2. The first kappa shape index (κ1) is 20.7. The number of carbonyl (C=O) groups excluding carboxylic acids is 1. The molecule has 1 aromatic heterocycles. The normalized spacial score (nSPS) is 13.8. The van der Waals surface area contributed by atoms with Crippen LogP contribution in [0.15, 0.2) is 71.5 Å². The van der Waals surface area contributed by atoms with Gasteiger partial charge in [-0.05, 0) is 36.2 Å². The van der Waals surface area contributed by atoms with Crippen molar-refractivity contribution in [2.45, 2.75) is 19.9 Å². The smallest absolute Gasteiger partial charge is 0.267 e. The van der Waals surface area contributed by atoms with Crippen LogP contribution in [0.5, 0.6) is 0 Å². The first-order valence-corrected chi connectivity index (χ1v) is 10.6. The molecular weight excluding hydrogens is 390 g/mol. The molecule has 0 bridgehead atoms. The van der Waals surface area contributed by atoms with Crippen molar-refractivity contribution >= 4 is 23.1 Å². The van der Waals surface area contributed by atoms with Crippen LogP contribution < -0.4 is 20.7 Å². The Balaban J connectivity index is 1.42. The zero-order chi connectivity index (χ0) is 21.6. The van der Waals surface area contributed by atoms with Gasteiger partial charge in [-0.25, -0.2) is 4.68 Å². The molecule has 7 heteroatoms. The second kappa shape index (κ2) is 9.47. The zero-order valence-corrected chi connectivity index (χ0v) is 17.7. The average molecular weight is 418 g/mol. The molecule has 0 saturated carbocycles. The first-order valence-electron chi connectivity index (χ1n) is 10.6. The Morgan fingerprint density at radius 2 is 1.58 bits per heavy atom. The fraction of sp³-hybridized carbons (Fsp3) is 0.292. The molecule has 4 rings (SSSR count). The lowest BCUT2D eigenvalue weighted by Gasteiger charge is -2.36. The molecule has 2 heterocycles. The van der Waals surface area contributed by atoms with Crippen LogP contribution in [0.2, 0.25) is 0 Å². The summed E-state index contributed by atoms with van der Waals surface area (Å²) < 4.78 is 1.24. The summed E-state index contributed by atoms with van der Waals surface area (Å²) in [6, 6.07) is 21.2. The van der Waals surface area contributed by atoms with Crippen LogP contribution in [0.1, 0.15) is 12.5 Å². The second-order valence-electron chi connectivity index (χ2n) is 7.56. The molecule has 0 atom stereocenters. The summed E-state index contributed by atoms with van der Waals surface area (Å²) in [5, 5.41) is 7.37. The van der Waals surface area contributed by atoms with Gasteiger partial charge >= 0.3 is 0 Å². The van der Waals surface area contributed by atoms with Gasteiger partial charge in [0, 0.05) is 43.6 Å². The maximum Gasteiger partial charge on any atom is 0.267 e. The molecule has 0 spiro atoms. The monoisotopic (exact) mass is 417 g/mol. The molecule has 0 aliphatic carbocycles. The standard InChI is InChI=1S/C24H27N5O2/c1-2-19-8-6-7-11-21(19)25-23(30)18-29-24(31)13-12-22(26-29)28-16-14-27(15-17-28)20-9-4-3-5-10-20/h3-13H,2,14-18H2,1H3,(H,25,30). The van der Waals surface area contributed by atoms with E-state index in [-0.39, 0.29) is 18.0 Å². The number of carbonyl (C=O) groups is 1. The fourth-order valence-corrected chi connectivity index (χ4v) is 3.83. The number of aromatic nitrogens is 2. The molecule has 31 heavy (non-hydrogen) atoms. The van der Waals surface area contributed by atoms with Gasteiger partial charge in [0.1, 0.15) is 12.4 Å². The van der Waals surface area contributed by atoms with E-state index in [4.69, 9.17) is 0 Å². The number of rotatable bonds is 6. The topological polar surface area (TPSA) is 70.5 Å². The zero-order valence-electron chi connectivity index (χ0n) is 17.7. The Morgan fingerprint density at radius 3 is 2.32 bits per heavy atom. The van der Waals surface area contributed by atoms with Gasteiger partial charge in [0.25, 0.3) is 5.56 Å². The summed E-state index contributed by atoms with van der Waals surface area (Å²) in [6.45, 7) is 5.28. The molecule has 160 valence electrons. The number of hydrogen-bond acceptors (Lipinski definition) is 5. The van der Waals surface area contributed by atoms with Crippen LogP contribution in [0.25, 0.3) is 0 Å². The summed E-state index contributed by atoms with van der Waals surface area (Å²) in [5.41, 5.74) is 2.76. The Labute approximate surface area is 181 Å². The largest absolute Gasteiger partial charge is 0.368 e. The van der Waals surface area contributed by atoms with E-state index in [2.05, 4.69) is 32.3 Å². The van der Waals surface area contributed by atoms with Gasteiger partial charge in [-0.1, -0.05) is 43.3 Å². The number of benzene rings is 2. The Hall–Kier alpha value is -3.61. The van der Waals surface area contributed by atoms with E-state index in [0.29, 0.717) is 5.82 Å². The molecule has 2 aromatic carbocycles. The fourth-order valence-electron chi connectivity index (χ4n) is 3.83. The minimum Gasteiger partial charge on any atom is -0.368 e. The Morgan fingerprint density at radius 1 is 0.903 bits per heavy atom. The van der Waals surface area contributed by atoms with Crippen molar-refractivity contribution in [3.05, 3.63) is 82.6 Å². The van der Waals surface area contributed by atoms with E-state index >= 15 is 0 Å². The summed E-state index contributed by atoms with van der Waals surface area (Å²) in [4.78, 5) is 29.3. The number of piperazine rings is 1. The van der Waals surface area contributed by atoms with Crippen LogP contribution in [-0.4, -0.2) is 41.9 Å². The van der Waals surface area contributed by atoms with E-state index in [1.165, 1.54) is 16.4 Å². The van der Waals surface area contributed by atoms with Crippen LogP contribution in [-0.2, 0) is 17.8 Å². The molecule has 3 aromatic rings. The van der Waals surface area contributed by atoms with Gasteiger partial charge < -0.3 is 15.1 Å². The van der Waals surface area contributed by atoms with E-state index < -0.39 is 0 Å². The number of aryl methyl sites for hydroxylation is 1. The maximum atomic E-state index is 12.6. The molecule has 1 aliphatic rings. The van der Waals surface area contributed by atoms with E-state index in [9.17, 15) is 9.59 Å². The highest BCUT2D eigenvalue weighted by Gasteiger charge is 2.19. The maximum absolute atomic E-state index is 12.6. The number of nitrogens with zero attached hydrogens (tertiary/aromatic N) is 4. The quantitative estimate of drug-likeness (QED) is 0.668. The van der Waals surface area contributed by atoms with Crippen molar-refractivity contribution in [2.24, 2.45) is 0 Å². The first-order chi connectivity index (χ1) is 15.1. The van der Waals surface area contributed by atoms with Crippen molar-refractivity contribution in [1.29, 1.82) is 0 Å². The summed E-state index contributed by atoms with van der Waals surface area (Å²) in [7, 11) is 0. The summed E-state index contributed by atoms with van der Waals surface area (Å²) >= 11 is 0. The van der Waals surface area contributed by atoms with Gasteiger partial charge in [-0.15, -0.1) is 0 Å². The highest BCUT2D eigenvalue weighted by Crippen LogP contribution is 2.18. The van der Waals surface area contributed by atoms with Crippen molar-refractivity contribution in [3.63, 3.8) is 0 Å². The predicted molar refractivity (Wildman–Crippen MR) is 124 cm³/mol. The lowest BCUT2D eigenvalue weighted by molar-refractivity contribution is -0.117. The highest BCUT2D eigenvalue weighted by molar-refractivity contribution is 5.91. The summed E-state index contributed by atoms with van der Waals surface area (Å²) in [6.07, 6.45) is 0.819. The minimum atomic E-state index is -0.286. The lowest BCUT2D eigenvalue weighted by atomic mass is 10.1. The Kier molecular flexibility index (Phi) is 6.31. The third-order valence-electron chi connectivity index (χ3n) is 5.54. The van der Waals surface area contributed by atoms with Crippen molar-refractivity contribution in [2.75, 3.05) is 41.3 Å². The van der Waals surface area contributed by atoms with Gasteiger partial charge in [0.15, 0.2) is 0 Å². The number of para-hydroxylation sites is 2. The minimum absolute atomic E-state index is 0.116. The molecule has 1 saturated heterocycles. The second-order valence-corrected chi connectivity index (χ2v) is 7.56. The molecular formula is C24H27N5O2. The molecule has 1 fully saturated rings. The molecule has 1 amide bonds. The summed E-state index contributed by atoms with van der Waals surface area (Å²) in [5.74, 6) is 0.454. The molecule has 0 unspecified atom stereocenters. The van der Waals surface area contributed by atoms with E-state index in [0.717, 1.165) is 43.9 Å². The van der Waals surface area contributed by atoms with Gasteiger partial charge in [-0.3, -0.25) is 9.59 Å². The van der Waals surface area contributed by atoms with E-state index in [1.54, 1.807) is 6.07 Å². The van der Waals surface area contributed by atoms with Crippen LogP contribution in [0.4, 0.5) is 17.2 Å². The predicted octanol–water partition coefficient (Wildman–Crippen LogP) is 2.77. The van der Waals surface area contributed by atoms with Crippen molar-refractivity contribution in [1.82, 2.24) is 9.78 Å². The number of hydrogen-bond donors (Lipinski definition) is 1. The van der Waals surface area contributed by atoms with Crippen molar-refractivity contribution < 1.29 is 4.79 Å². The number of anilines is 3. The Bertz CT molecular complexity index is 1090. The van der Waals surface area contributed by atoms with Crippen LogP contribution >= 0.6 is 0 Å². The van der Waals surface area contributed by atoms with Crippen LogP contribution in [0.3, 0.4) is 0 Å². The molecule has 1 N–H and O–H groups in total. The molecule has 7 nitrogen and oxygen atoms in total. The lowest BCUT2D eigenvalue weighted by Crippen LogP contribution is -2.47. The van der Waals surface area contributed by atoms with Crippen LogP contribution in [0, 0.1) is 0 Å².